The smallest absolute Gasteiger partial charge is 0.321 e. The number of carboxylic acids is 1. The summed E-state index contributed by atoms with van der Waals surface area (Å²) in [7, 11) is 0. The second kappa shape index (κ2) is 6.28. The summed E-state index contributed by atoms with van der Waals surface area (Å²) in [5.74, 6) is -0.789. The van der Waals surface area contributed by atoms with Crippen LogP contribution in [0.1, 0.15) is 28.9 Å². The quantitative estimate of drug-likeness (QED) is 0.877. The maximum absolute atomic E-state index is 11.8. The fourth-order valence-electron chi connectivity index (χ4n) is 4.11. The topological polar surface area (TPSA) is 84.4 Å². The number of aromatic nitrogens is 2. The summed E-state index contributed by atoms with van der Waals surface area (Å²) in [6, 6.07) is 6.00. The standard InChI is InChI=1S/C19H24N4O2/c1-12-2-4-16-13(8-12)3-5-17-15(21-11-23(16)17)9-18(19(24)25)22-7-6-14(20)10-22/h2,4,8,11,14,18H,3,5-7,9-10,20H2,1H3,(H,24,25)/t14-,18-/m0/s1. The lowest BCUT2D eigenvalue weighted by atomic mass is 9.97. The number of carbonyl (C=O) groups is 1. The molecule has 1 aromatic heterocycles. The highest BCUT2D eigenvalue weighted by atomic mass is 16.4. The molecule has 0 aliphatic carbocycles. The van der Waals surface area contributed by atoms with E-state index in [2.05, 4.69) is 34.7 Å². The number of fused-ring (bicyclic) bond motifs is 3. The zero-order chi connectivity index (χ0) is 17.6. The van der Waals surface area contributed by atoms with Crippen LogP contribution >= 0.6 is 0 Å². The number of imidazole rings is 1. The second-order valence-electron chi connectivity index (χ2n) is 7.24. The van der Waals surface area contributed by atoms with E-state index in [1.807, 2.05) is 11.2 Å². The Balaban J connectivity index is 1.62. The normalized spacial score (nSPS) is 21.0. The molecule has 2 aliphatic heterocycles. The Labute approximate surface area is 147 Å². The number of aliphatic carboxylic acids is 1. The van der Waals surface area contributed by atoms with Crippen molar-refractivity contribution in [2.24, 2.45) is 5.73 Å². The molecular weight excluding hydrogens is 316 g/mol. The molecule has 3 N–H and O–H groups in total. The predicted molar refractivity (Wildman–Crippen MR) is 95.0 cm³/mol. The Hall–Kier alpha value is -2.18. The van der Waals surface area contributed by atoms with Gasteiger partial charge in [-0.1, -0.05) is 17.7 Å². The van der Waals surface area contributed by atoms with Crippen LogP contribution in [0.4, 0.5) is 0 Å². The average molecular weight is 340 g/mol. The van der Waals surface area contributed by atoms with Crippen LogP contribution in [0.3, 0.4) is 0 Å². The molecular formula is C19H24N4O2. The summed E-state index contributed by atoms with van der Waals surface area (Å²) in [5, 5.41) is 9.69. The minimum Gasteiger partial charge on any atom is -0.480 e. The van der Waals surface area contributed by atoms with Crippen LogP contribution in [0.25, 0.3) is 5.69 Å². The molecule has 6 nitrogen and oxygen atoms in total. The molecule has 0 amide bonds. The molecule has 1 fully saturated rings. The predicted octanol–water partition coefficient (Wildman–Crippen LogP) is 1.31. The molecule has 0 radical (unpaired) electrons. The third kappa shape index (κ3) is 2.96. The van der Waals surface area contributed by atoms with E-state index in [9.17, 15) is 9.90 Å². The van der Waals surface area contributed by atoms with Crippen molar-refractivity contribution in [3.05, 3.63) is 47.0 Å². The molecule has 1 saturated heterocycles. The molecule has 0 bridgehead atoms. The van der Waals surface area contributed by atoms with E-state index in [1.54, 1.807) is 0 Å². The lowest BCUT2D eigenvalue weighted by molar-refractivity contribution is -0.142. The molecule has 3 heterocycles. The molecule has 0 spiro atoms. The Kier molecular flexibility index (Phi) is 4.09. The van der Waals surface area contributed by atoms with Gasteiger partial charge in [0.25, 0.3) is 0 Å². The van der Waals surface area contributed by atoms with Crippen LogP contribution < -0.4 is 5.73 Å². The van der Waals surface area contributed by atoms with Crippen molar-refractivity contribution in [2.45, 2.75) is 44.7 Å². The molecule has 2 atom stereocenters. The van der Waals surface area contributed by atoms with Gasteiger partial charge in [0.05, 0.1) is 12.0 Å². The molecule has 0 unspecified atom stereocenters. The SMILES string of the molecule is Cc1ccc2c(c1)CCc1c(C[C@@H](C(=O)O)N3CC[C@H](N)C3)ncn1-2. The fourth-order valence-corrected chi connectivity index (χ4v) is 4.11. The van der Waals surface area contributed by atoms with Crippen molar-refractivity contribution in [2.75, 3.05) is 13.1 Å². The lowest BCUT2D eigenvalue weighted by Gasteiger charge is -2.25. The monoisotopic (exact) mass is 340 g/mol. The molecule has 2 aromatic rings. The van der Waals surface area contributed by atoms with E-state index in [-0.39, 0.29) is 6.04 Å². The number of benzene rings is 1. The van der Waals surface area contributed by atoms with Crippen molar-refractivity contribution < 1.29 is 9.90 Å². The zero-order valence-corrected chi connectivity index (χ0v) is 14.5. The summed E-state index contributed by atoms with van der Waals surface area (Å²) < 4.78 is 2.13. The van der Waals surface area contributed by atoms with E-state index in [4.69, 9.17) is 5.73 Å². The van der Waals surface area contributed by atoms with Gasteiger partial charge in [0.1, 0.15) is 6.04 Å². The third-order valence-electron chi connectivity index (χ3n) is 5.45. The first kappa shape index (κ1) is 16.3. The van der Waals surface area contributed by atoms with E-state index < -0.39 is 12.0 Å². The van der Waals surface area contributed by atoms with E-state index in [0.717, 1.165) is 37.2 Å². The average Bonchev–Trinajstić information content (AvgIpc) is 3.18. The Morgan fingerprint density at radius 3 is 3.00 bits per heavy atom. The van der Waals surface area contributed by atoms with Gasteiger partial charge in [-0.2, -0.15) is 0 Å². The van der Waals surface area contributed by atoms with Crippen molar-refractivity contribution in [1.29, 1.82) is 0 Å². The first-order valence-corrected chi connectivity index (χ1v) is 8.90. The van der Waals surface area contributed by atoms with Crippen molar-refractivity contribution in [1.82, 2.24) is 14.5 Å². The van der Waals surface area contributed by atoms with Crippen molar-refractivity contribution in [3.63, 3.8) is 0 Å². The summed E-state index contributed by atoms with van der Waals surface area (Å²) in [5.41, 5.74) is 11.8. The van der Waals surface area contributed by atoms with Crippen LogP contribution in [0.15, 0.2) is 24.5 Å². The maximum atomic E-state index is 11.8. The number of nitrogens with two attached hydrogens (primary N) is 1. The van der Waals surface area contributed by atoms with Crippen LogP contribution in [0.5, 0.6) is 0 Å². The molecule has 4 rings (SSSR count). The van der Waals surface area contributed by atoms with Gasteiger partial charge < -0.3 is 15.4 Å². The maximum Gasteiger partial charge on any atom is 0.321 e. The molecule has 0 saturated carbocycles. The van der Waals surface area contributed by atoms with Crippen LogP contribution in [-0.2, 0) is 24.1 Å². The number of hydrogen-bond acceptors (Lipinski definition) is 4. The van der Waals surface area contributed by atoms with Crippen molar-refractivity contribution in [3.8, 4) is 5.69 Å². The van der Waals surface area contributed by atoms with Gasteiger partial charge in [-0.3, -0.25) is 9.69 Å². The molecule has 132 valence electrons. The van der Waals surface area contributed by atoms with E-state index >= 15 is 0 Å². The Bertz CT molecular complexity index is 814. The van der Waals surface area contributed by atoms with Gasteiger partial charge in [0.15, 0.2) is 0 Å². The minimum atomic E-state index is -0.789. The highest BCUT2D eigenvalue weighted by Crippen LogP contribution is 2.28. The van der Waals surface area contributed by atoms with Crippen LogP contribution in [0, 0.1) is 6.92 Å². The zero-order valence-electron chi connectivity index (χ0n) is 14.5. The number of hydrogen-bond donors (Lipinski definition) is 2. The molecule has 6 heteroatoms. The Morgan fingerprint density at radius 2 is 2.28 bits per heavy atom. The fraction of sp³-hybridized carbons (Fsp3) is 0.474. The lowest BCUT2D eigenvalue weighted by Crippen LogP contribution is -2.42. The molecule has 2 aliphatic rings. The number of aryl methyl sites for hydroxylation is 2. The molecule has 25 heavy (non-hydrogen) atoms. The number of likely N-dealkylation sites (tertiary alicyclic amines) is 1. The number of rotatable bonds is 4. The first-order valence-electron chi connectivity index (χ1n) is 8.90. The van der Waals surface area contributed by atoms with Gasteiger partial charge in [-0.15, -0.1) is 0 Å². The van der Waals surface area contributed by atoms with Crippen LogP contribution in [-0.4, -0.2) is 50.7 Å². The summed E-state index contributed by atoms with van der Waals surface area (Å²) in [6.07, 6.45) is 5.01. The minimum absolute atomic E-state index is 0.0767. The van der Waals surface area contributed by atoms with Gasteiger partial charge in [0.2, 0.25) is 0 Å². The highest BCUT2D eigenvalue weighted by Gasteiger charge is 2.33. The van der Waals surface area contributed by atoms with Crippen LogP contribution in [0.2, 0.25) is 0 Å². The summed E-state index contributed by atoms with van der Waals surface area (Å²) in [4.78, 5) is 18.4. The van der Waals surface area contributed by atoms with Crippen molar-refractivity contribution >= 4 is 5.97 Å². The second-order valence-corrected chi connectivity index (χ2v) is 7.24. The summed E-state index contributed by atoms with van der Waals surface area (Å²) >= 11 is 0. The van der Waals surface area contributed by atoms with Gasteiger partial charge in [0, 0.05) is 36.9 Å². The number of nitrogens with zero attached hydrogens (tertiary/aromatic N) is 3. The summed E-state index contributed by atoms with van der Waals surface area (Å²) in [6.45, 7) is 3.50. The molecule has 1 aromatic carbocycles. The third-order valence-corrected chi connectivity index (χ3v) is 5.45. The number of carboxylic acid groups (broad SMARTS) is 1. The van der Waals surface area contributed by atoms with E-state index in [0.29, 0.717) is 13.0 Å². The van der Waals surface area contributed by atoms with Gasteiger partial charge in [-0.05, 0) is 37.8 Å². The highest BCUT2D eigenvalue weighted by molar-refractivity contribution is 5.74. The van der Waals surface area contributed by atoms with Gasteiger partial charge in [-0.25, -0.2) is 4.98 Å². The first-order chi connectivity index (χ1) is 12.0. The Morgan fingerprint density at radius 1 is 1.44 bits per heavy atom. The van der Waals surface area contributed by atoms with Gasteiger partial charge >= 0.3 is 5.97 Å². The largest absolute Gasteiger partial charge is 0.480 e. The van der Waals surface area contributed by atoms with E-state index in [1.165, 1.54) is 16.8 Å².